The van der Waals surface area contributed by atoms with Crippen LogP contribution in [0.3, 0.4) is 0 Å². The van der Waals surface area contributed by atoms with Crippen LogP contribution in [0, 0.1) is 6.92 Å². The average Bonchev–Trinajstić information content (AvgIpc) is 3.00. The van der Waals surface area contributed by atoms with Gasteiger partial charge in [0.05, 0.1) is 6.54 Å². The van der Waals surface area contributed by atoms with Crippen molar-refractivity contribution in [2.45, 2.75) is 31.3 Å². The number of benzene rings is 1. The zero-order chi connectivity index (χ0) is 19.0. The number of aliphatic imine (C=N–C) groups is 1. The number of likely N-dealkylation sites (tertiary alicyclic amines) is 1. The van der Waals surface area contributed by atoms with Gasteiger partial charge in [-0.1, -0.05) is 29.8 Å². The number of nitrogens with one attached hydrogen (secondary N) is 2. The molecule has 1 atom stereocenters. The molecule has 1 aliphatic heterocycles. The Balaban J connectivity index is 0.00000364. The van der Waals surface area contributed by atoms with Crippen LogP contribution >= 0.6 is 35.7 Å². The number of thioether (sulfide) groups is 1. The lowest BCUT2D eigenvalue weighted by Crippen LogP contribution is -2.45. The van der Waals surface area contributed by atoms with E-state index < -0.39 is 12.7 Å². The van der Waals surface area contributed by atoms with E-state index >= 15 is 0 Å². The highest BCUT2D eigenvalue weighted by atomic mass is 127. The van der Waals surface area contributed by atoms with Crippen LogP contribution in [-0.4, -0.2) is 62.1 Å². The SMILES string of the molecule is CN=C(NCCSCc1ccc(C)cc1)NC1CCN(CC(F)(F)F)C1.I. The van der Waals surface area contributed by atoms with Gasteiger partial charge in [0.25, 0.3) is 0 Å². The molecule has 27 heavy (non-hydrogen) atoms. The molecule has 154 valence electrons. The molecule has 0 radical (unpaired) electrons. The van der Waals surface area contributed by atoms with Crippen LogP contribution in [0.4, 0.5) is 13.2 Å². The summed E-state index contributed by atoms with van der Waals surface area (Å²) in [6.07, 6.45) is -3.44. The van der Waals surface area contributed by atoms with Crippen molar-refractivity contribution in [3.05, 3.63) is 35.4 Å². The molecule has 9 heteroatoms. The van der Waals surface area contributed by atoms with E-state index in [9.17, 15) is 13.2 Å². The first-order valence-corrected chi connectivity index (χ1v) is 9.91. The molecule has 1 fully saturated rings. The summed E-state index contributed by atoms with van der Waals surface area (Å²) < 4.78 is 37.3. The molecular formula is C18H28F3IN4S. The lowest BCUT2D eigenvalue weighted by Gasteiger charge is -2.19. The molecule has 2 N–H and O–H groups in total. The Morgan fingerprint density at radius 3 is 2.63 bits per heavy atom. The van der Waals surface area contributed by atoms with Crippen LogP contribution in [0.1, 0.15) is 17.5 Å². The van der Waals surface area contributed by atoms with E-state index in [-0.39, 0.29) is 30.0 Å². The second-order valence-corrected chi connectivity index (χ2v) is 7.62. The molecule has 0 bridgehead atoms. The first kappa shape index (κ1) is 24.4. The molecule has 0 aliphatic carbocycles. The Morgan fingerprint density at radius 1 is 1.30 bits per heavy atom. The van der Waals surface area contributed by atoms with Gasteiger partial charge in [-0.05, 0) is 18.9 Å². The Morgan fingerprint density at radius 2 is 2.00 bits per heavy atom. The van der Waals surface area contributed by atoms with Crippen molar-refractivity contribution in [2.75, 3.05) is 39.0 Å². The van der Waals surface area contributed by atoms with E-state index in [1.54, 1.807) is 7.05 Å². The molecule has 1 heterocycles. The van der Waals surface area contributed by atoms with Gasteiger partial charge < -0.3 is 10.6 Å². The highest BCUT2D eigenvalue weighted by Gasteiger charge is 2.34. The minimum absolute atomic E-state index is 0. The van der Waals surface area contributed by atoms with E-state index in [0.717, 1.165) is 18.1 Å². The molecular weight excluding hydrogens is 488 g/mol. The van der Waals surface area contributed by atoms with Gasteiger partial charge in [0, 0.05) is 44.2 Å². The first-order chi connectivity index (χ1) is 12.4. The molecule has 1 saturated heterocycles. The average molecular weight is 516 g/mol. The van der Waals surface area contributed by atoms with Gasteiger partial charge in [-0.2, -0.15) is 24.9 Å². The van der Waals surface area contributed by atoms with Crippen LogP contribution < -0.4 is 10.6 Å². The van der Waals surface area contributed by atoms with Gasteiger partial charge in [0.15, 0.2) is 5.96 Å². The third-order valence-corrected chi connectivity index (χ3v) is 5.20. The largest absolute Gasteiger partial charge is 0.401 e. The normalized spacial score (nSPS) is 18.3. The Labute approximate surface area is 180 Å². The van der Waals surface area contributed by atoms with E-state index in [4.69, 9.17) is 0 Å². The van der Waals surface area contributed by atoms with E-state index in [2.05, 4.69) is 46.8 Å². The zero-order valence-electron chi connectivity index (χ0n) is 15.7. The standard InChI is InChI=1S/C18H27F3N4S.HI/c1-14-3-5-15(6-4-14)12-26-10-8-23-17(22-2)24-16-7-9-25(11-16)13-18(19,20)21;/h3-6,16H,7-13H2,1-2H3,(H2,22,23,24);1H. The summed E-state index contributed by atoms with van der Waals surface area (Å²) in [4.78, 5) is 5.59. The van der Waals surface area contributed by atoms with Gasteiger partial charge in [0.1, 0.15) is 0 Å². The zero-order valence-corrected chi connectivity index (χ0v) is 18.8. The Kier molecular flexibility index (Phi) is 10.8. The minimum Gasteiger partial charge on any atom is -0.356 e. The van der Waals surface area contributed by atoms with Crippen molar-refractivity contribution < 1.29 is 13.2 Å². The van der Waals surface area contributed by atoms with Crippen LogP contribution in [0.25, 0.3) is 0 Å². The number of rotatable bonds is 7. The number of halogens is 4. The van der Waals surface area contributed by atoms with Crippen molar-refractivity contribution in [2.24, 2.45) is 4.99 Å². The smallest absolute Gasteiger partial charge is 0.356 e. The molecule has 0 aromatic heterocycles. The summed E-state index contributed by atoms with van der Waals surface area (Å²) in [5.74, 6) is 2.54. The molecule has 2 rings (SSSR count). The maximum atomic E-state index is 12.4. The molecule has 4 nitrogen and oxygen atoms in total. The van der Waals surface area contributed by atoms with Gasteiger partial charge >= 0.3 is 6.18 Å². The molecule has 1 aromatic carbocycles. The van der Waals surface area contributed by atoms with Crippen molar-refractivity contribution >= 4 is 41.7 Å². The molecule has 0 amide bonds. The third-order valence-electron chi connectivity index (χ3n) is 4.17. The van der Waals surface area contributed by atoms with Crippen molar-refractivity contribution in [3.8, 4) is 0 Å². The second kappa shape index (κ2) is 12.0. The van der Waals surface area contributed by atoms with Gasteiger partial charge in [-0.3, -0.25) is 9.89 Å². The summed E-state index contributed by atoms with van der Waals surface area (Å²) in [5.41, 5.74) is 2.56. The summed E-state index contributed by atoms with van der Waals surface area (Å²) in [6, 6.07) is 8.52. The second-order valence-electron chi connectivity index (χ2n) is 6.52. The van der Waals surface area contributed by atoms with Crippen molar-refractivity contribution in [1.82, 2.24) is 15.5 Å². The quantitative estimate of drug-likeness (QED) is 0.251. The van der Waals surface area contributed by atoms with Gasteiger partial charge in [-0.15, -0.1) is 24.0 Å². The number of guanidine groups is 1. The Hall–Kier alpha value is -0.680. The van der Waals surface area contributed by atoms with Crippen molar-refractivity contribution in [3.63, 3.8) is 0 Å². The van der Waals surface area contributed by atoms with E-state index in [1.165, 1.54) is 16.0 Å². The monoisotopic (exact) mass is 516 g/mol. The number of alkyl halides is 3. The fourth-order valence-corrected chi connectivity index (χ4v) is 3.67. The van der Waals surface area contributed by atoms with Crippen LogP contribution in [0.15, 0.2) is 29.3 Å². The number of hydrogen-bond donors (Lipinski definition) is 2. The van der Waals surface area contributed by atoms with Gasteiger partial charge in [0.2, 0.25) is 0 Å². The fourth-order valence-electron chi connectivity index (χ4n) is 2.85. The molecule has 1 aromatic rings. The summed E-state index contributed by atoms with van der Waals surface area (Å²) in [6.45, 7) is 2.84. The first-order valence-electron chi connectivity index (χ1n) is 8.75. The van der Waals surface area contributed by atoms with E-state index in [0.29, 0.717) is 25.5 Å². The summed E-state index contributed by atoms with van der Waals surface area (Å²) in [7, 11) is 1.68. The van der Waals surface area contributed by atoms with Gasteiger partial charge in [-0.25, -0.2) is 0 Å². The van der Waals surface area contributed by atoms with Crippen LogP contribution in [0.5, 0.6) is 0 Å². The predicted molar refractivity (Wildman–Crippen MR) is 118 cm³/mol. The summed E-state index contributed by atoms with van der Waals surface area (Å²) >= 11 is 1.84. The molecule has 0 saturated carbocycles. The molecule has 1 aliphatic rings. The lowest BCUT2D eigenvalue weighted by atomic mass is 10.2. The highest BCUT2D eigenvalue weighted by Crippen LogP contribution is 2.20. The topological polar surface area (TPSA) is 39.7 Å². The fraction of sp³-hybridized carbons (Fsp3) is 0.611. The van der Waals surface area contributed by atoms with Crippen LogP contribution in [0.2, 0.25) is 0 Å². The number of aryl methyl sites for hydroxylation is 1. The molecule has 0 spiro atoms. The molecule has 1 unspecified atom stereocenters. The Bertz CT molecular complexity index is 581. The predicted octanol–water partition coefficient (Wildman–Crippen LogP) is 3.65. The van der Waals surface area contributed by atoms with E-state index in [1.807, 2.05) is 11.8 Å². The lowest BCUT2D eigenvalue weighted by molar-refractivity contribution is -0.143. The number of hydrogen-bond acceptors (Lipinski definition) is 3. The number of nitrogens with zero attached hydrogens (tertiary/aromatic N) is 2. The highest BCUT2D eigenvalue weighted by molar-refractivity contribution is 14.0. The van der Waals surface area contributed by atoms with Crippen LogP contribution in [-0.2, 0) is 5.75 Å². The minimum atomic E-state index is -4.14. The summed E-state index contributed by atoms with van der Waals surface area (Å²) in [5, 5.41) is 6.45. The van der Waals surface area contributed by atoms with Crippen molar-refractivity contribution in [1.29, 1.82) is 0 Å². The third kappa shape index (κ3) is 9.89. The maximum Gasteiger partial charge on any atom is 0.401 e. The maximum absolute atomic E-state index is 12.4.